The van der Waals surface area contributed by atoms with Gasteiger partial charge in [-0.15, -0.1) is 0 Å². The van der Waals surface area contributed by atoms with Crippen molar-refractivity contribution in [3.05, 3.63) is 70.3 Å². The fraction of sp³-hybridized carbons (Fsp3) is 0.188. The van der Waals surface area contributed by atoms with Crippen molar-refractivity contribution in [2.75, 3.05) is 6.54 Å². The topological polar surface area (TPSA) is 43.1 Å². The molecule has 0 fully saturated rings. The molecule has 2 N–H and O–H groups in total. The average molecular weight is 329 g/mol. The molecule has 2 aromatic rings. The van der Waals surface area contributed by atoms with Gasteiger partial charge < -0.3 is 5.73 Å². The molecule has 0 bridgehead atoms. The highest BCUT2D eigenvalue weighted by Gasteiger charge is 2.30. The molecule has 0 aromatic heterocycles. The molecule has 0 radical (unpaired) electrons. The highest BCUT2D eigenvalue weighted by atomic mass is 19.4. The van der Waals surface area contributed by atoms with Gasteiger partial charge in [-0.05, 0) is 41.8 Å². The first kappa shape index (κ1) is 17.1. The van der Waals surface area contributed by atoms with E-state index in [1.807, 2.05) is 0 Å². The van der Waals surface area contributed by atoms with Gasteiger partial charge in [-0.3, -0.25) is 4.79 Å². The normalized spacial score (nSPS) is 11.6. The standard InChI is InChI=1S/C16H12F5NO/c17-13-6-10(12(7-14(13)18)15(23)8-22)5-9-1-3-11(4-2-9)16(19,20)21/h1-4,6-7H,5,8,22H2. The number of ketones is 1. The Labute approximate surface area is 128 Å². The summed E-state index contributed by atoms with van der Waals surface area (Å²) in [6.07, 6.45) is -4.47. The van der Waals surface area contributed by atoms with E-state index in [1.165, 1.54) is 12.1 Å². The van der Waals surface area contributed by atoms with Crippen molar-refractivity contribution in [2.45, 2.75) is 12.6 Å². The minimum absolute atomic E-state index is 0.0174. The van der Waals surface area contributed by atoms with E-state index >= 15 is 0 Å². The third kappa shape index (κ3) is 3.92. The number of benzene rings is 2. The summed E-state index contributed by atoms with van der Waals surface area (Å²) in [5.74, 6) is -2.90. The minimum atomic E-state index is -4.46. The van der Waals surface area contributed by atoms with E-state index in [4.69, 9.17) is 5.73 Å². The smallest absolute Gasteiger partial charge is 0.324 e. The molecule has 0 aliphatic rings. The Morgan fingerprint density at radius 1 is 1.00 bits per heavy atom. The molecule has 0 aliphatic carbocycles. The van der Waals surface area contributed by atoms with Crippen LogP contribution in [0.1, 0.15) is 27.0 Å². The number of rotatable bonds is 4. The summed E-state index contributed by atoms with van der Waals surface area (Å²) >= 11 is 0. The van der Waals surface area contributed by atoms with Crippen molar-refractivity contribution >= 4 is 5.78 Å². The van der Waals surface area contributed by atoms with Crippen LogP contribution in [0.5, 0.6) is 0 Å². The number of halogens is 5. The van der Waals surface area contributed by atoms with Gasteiger partial charge in [0.25, 0.3) is 0 Å². The Morgan fingerprint density at radius 3 is 2.09 bits per heavy atom. The number of hydrogen-bond donors (Lipinski definition) is 1. The third-order valence-corrected chi connectivity index (χ3v) is 3.31. The Morgan fingerprint density at radius 2 is 1.57 bits per heavy atom. The second kappa shape index (κ2) is 6.45. The predicted octanol–water partition coefficient (Wildman–Crippen LogP) is 3.72. The van der Waals surface area contributed by atoms with E-state index in [0.717, 1.165) is 24.3 Å². The van der Waals surface area contributed by atoms with Crippen LogP contribution in [-0.4, -0.2) is 12.3 Å². The molecule has 7 heteroatoms. The van der Waals surface area contributed by atoms with Gasteiger partial charge in [0.2, 0.25) is 0 Å². The van der Waals surface area contributed by atoms with Crippen LogP contribution in [0.25, 0.3) is 0 Å². The van der Waals surface area contributed by atoms with Crippen LogP contribution in [0, 0.1) is 11.6 Å². The van der Waals surface area contributed by atoms with Gasteiger partial charge in [0, 0.05) is 5.56 Å². The molecule has 23 heavy (non-hydrogen) atoms. The van der Waals surface area contributed by atoms with Gasteiger partial charge in [-0.1, -0.05) is 12.1 Å². The highest BCUT2D eigenvalue weighted by Crippen LogP contribution is 2.29. The Balaban J connectivity index is 2.36. The van der Waals surface area contributed by atoms with Gasteiger partial charge in [-0.25, -0.2) is 8.78 Å². The molecule has 2 rings (SSSR count). The maximum atomic E-state index is 13.4. The summed E-state index contributed by atoms with van der Waals surface area (Å²) in [6.45, 7) is -0.384. The molecule has 0 spiro atoms. The van der Waals surface area contributed by atoms with Crippen LogP contribution < -0.4 is 5.73 Å². The van der Waals surface area contributed by atoms with E-state index in [-0.39, 0.29) is 24.1 Å². The number of carbonyl (C=O) groups is 1. The van der Waals surface area contributed by atoms with Crippen molar-refractivity contribution in [3.8, 4) is 0 Å². The van der Waals surface area contributed by atoms with E-state index in [9.17, 15) is 26.7 Å². The zero-order chi connectivity index (χ0) is 17.2. The second-order valence-electron chi connectivity index (χ2n) is 4.92. The average Bonchev–Trinajstić information content (AvgIpc) is 2.49. The van der Waals surface area contributed by atoms with Crippen molar-refractivity contribution < 1.29 is 26.7 Å². The van der Waals surface area contributed by atoms with E-state index in [2.05, 4.69) is 0 Å². The van der Waals surface area contributed by atoms with Crippen LogP contribution in [-0.2, 0) is 12.6 Å². The Kier molecular flexibility index (Phi) is 4.79. The summed E-state index contributed by atoms with van der Waals surface area (Å²) in [4.78, 5) is 11.7. The van der Waals surface area contributed by atoms with E-state index in [1.54, 1.807) is 0 Å². The van der Waals surface area contributed by atoms with Crippen LogP contribution in [0.2, 0.25) is 0 Å². The van der Waals surface area contributed by atoms with Gasteiger partial charge in [-0.2, -0.15) is 13.2 Å². The first-order chi connectivity index (χ1) is 10.7. The lowest BCUT2D eigenvalue weighted by Gasteiger charge is -2.11. The van der Waals surface area contributed by atoms with Gasteiger partial charge in [0.1, 0.15) is 0 Å². The molecular weight excluding hydrogens is 317 g/mol. The van der Waals surface area contributed by atoms with E-state index in [0.29, 0.717) is 5.56 Å². The molecule has 0 saturated heterocycles. The Bertz CT molecular complexity index is 722. The molecule has 122 valence electrons. The lowest BCUT2D eigenvalue weighted by atomic mass is 9.96. The van der Waals surface area contributed by atoms with Crippen molar-refractivity contribution in [1.29, 1.82) is 0 Å². The third-order valence-electron chi connectivity index (χ3n) is 3.31. The predicted molar refractivity (Wildman–Crippen MR) is 74.0 cm³/mol. The molecule has 0 unspecified atom stereocenters. The van der Waals surface area contributed by atoms with Crippen LogP contribution in [0.15, 0.2) is 36.4 Å². The number of carbonyl (C=O) groups excluding carboxylic acids is 1. The molecule has 2 nitrogen and oxygen atoms in total. The van der Waals surface area contributed by atoms with Gasteiger partial charge in [0.15, 0.2) is 17.4 Å². The number of Topliss-reactive ketones (excluding diaryl/α,β-unsaturated/α-hetero) is 1. The maximum absolute atomic E-state index is 13.4. The monoisotopic (exact) mass is 329 g/mol. The van der Waals surface area contributed by atoms with Gasteiger partial charge in [0.05, 0.1) is 12.1 Å². The molecule has 0 saturated carbocycles. The summed E-state index contributed by atoms with van der Waals surface area (Å²) in [6, 6.07) is 5.83. The zero-order valence-electron chi connectivity index (χ0n) is 11.8. The summed E-state index contributed by atoms with van der Waals surface area (Å²) in [5, 5.41) is 0. The summed E-state index contributed by atoms with van der Waals surface area (Å²) in [5.41, 5.74) is 4.93. The number of nitrogens with two attached hydrogens (primary N) is 1. The van der Waals surface area contributed by atoms with E-state index < -0.39 is 29.2 Å². The molecule has 0 amide bonds. The zero-order valence-corrected chi connectivity index (χ0v) is 11.8. The molecule has 0 atom stereocenters. The minimum Gasteiger partial charge on any atom is -0.324 e. The van der Waals surface area contributed by atoms with Crippen LogP contribution in [0.3, 0.4) is 0 Å². The number of alkyl halides is 3. The quantitative estimate of drug-likeness (QED) is 0.686. The first-order valence-electron chi connectivity index (χ1n) is 6.59. The molecule has 0 aliphatic heterocycles. The molecule has 2 aromatic carbocycles. The van der Waals surface area contributed by atoms with Crippen molar-refractivity contribution in [3.63, 3.8) is 0 Å². The fourth-order valence-electron chi connectivity index (χ4n) is 2.14. The largest absolute Gasteiger partial charge is 0.416 e. The van der Waals surface area contributed by atoms with Crippen LogP contribution in [0.4, 0.5) is 22.0 Å². The Hall–Kier alpha value is -2.28. The summed E-state index contributed by atoms with van der Waals surface area (Å²) in [7, 11) is 0. The van der Waals surface area contributed by atoms with Crippen molar-refractivity contribution in [1.82, 2.24) is 0 Å². The number of hydrogen-bond acceptors (Lipinski definition) is 2. The lowest BCUT2D eigenvalue weighted by Crippen LogP contribution is -2.16. The fourth-order valence-corrected chi connectivity index (χ4v) is 2.14. The summed E-state index contributed by atoms with van der Waals surface area (Å²) < 4.78 is 64.2. The maximum Gasteiger partial charge on any atom is 0.416 e. The van der Waals surface area contributed by atoms with Crippen LogP contribution >= 0.6 is 0 Å². The first-order valence-corrected chi connectivity index (χ1v) is 6.59. The molecule has 0 heterocycles. The van der Waals surface area contributed by atoms with Crippen molar-refractivity contribution in [2.24, 2.45) is 5.73 Å². The second-order valence-corrected chi connectivity index (χ2v) is 4.92. The molecular formula is C16H12F5NO. The SMILES string of the molecule is NCC(=O)c1cc(F)c(F)cc1Cc1ccc(C(F)(F)F)cc1. The highest BCUT2D eigenvalue weighted by molar-refractivity contribution is 5.99. The lowest BCUT2D eigenvalue weighted by molar-refractivity contribution is -0.137. The van der Waals surface area contributed by atoms with Gasteiger partial charge >= 0.3 is 6.18 Å².